The second-order valence-electron chi connectivity index (χ2n) is 5.97. The van der Waals surface area contributed by atoms with Gasteiger partial charge in [-0.2, -0.15) is 0 Å². The molecule has 0 spiro atoms. The molecule has 0 saturated heterocycles. The molecule has 0 saturated carbocycles. The Hall–Kier alpha value is -3.80. The second-order valence-corrected chi connectivity index (χ2v) is 5.97. The lowest BCUT2D eigenvalue weighted by atomic mass is 10.2. The summed E-state index contributed by atoms with van der Waals surface area (Å²) in [5.74, 6) is 1.36. The minimum atomic E-state index is -0.511. The summed E-state index contributed by atoms with van der Waals surface area (Å²) in [4.78, 5) is 16.9. The van der Waals surface area contributed by atoms with Crippen LogP contribution in [0.25, 0.3) is 22.6 Å². The highest BCUT2D eigenvalue weighted by atomic mass is 16.5. The number of benzene rings is 3. The molecule has 6 heteroatoms. The van der Waals surface area contributed by atoms with Crippen molar-refractivity contribution in [2.75, 3.05) is 14.2 Å². The van der Waals surface area contributed by atoms with Gasteiger partial charge in [-0.1, -0.05) is 18.2 Å². The molecule has 0 amide bonds. The quantitative estimate of drug-likeness (QED) is 0.371. The first-order chi connectivity index (χ1) is 13.7. The van der Waals surface area contributed by atoms with Gasteiger partial charge in [-0.05, 0) is 42.5 Å². The van der Waals surface area contributed by atoms with Crippen LogP contribution in [0.5, 0.6) is 17.2 Å². The van der Waals surface area contributed by atoms with Crippen molar-refractivity contribution < 1.29 is 23.4 Å². The first-order valence-corrected chi connectivity index (χ1v) is 8.58. The van der Waals surface area contributed by atoms with Crippen molar-refractivity contribution in [1.29, 1.82) is 0 Å². The van der Waals surface area contributed by atoms with Crippen molar-refractivity contribution in [2.45, 2.75) is 0 Å². The van der Waals surface area contributed by atoms with Crippen molar-refractivity contribution in [1.82, 2.24) is 4.98 Å². The van der Waals surface area contributed by atoms with Gasteiger partial charge >= 0.3 is 5.97 Å². The van der Waals surface area contributed by atoms with E-state index in [-0.39, 0.29) is 0 Å². The first-order valence-electron chi connectivity index (χ1n) is 8.58. The maximum absolute atomic E-state index is 12.5. The number of carbonyl (C=O) groups excluding carboxylic acids is 1. The Morgan fingerprint density at radius 3 is 2.43 bits per heavy atom. The molecule has 0 fully saturated rings. The minimum Gasteiger partial charge on any atom is -0.493 e. The van der Waals surface area contributed by atoms with Crippen LogP contribution >= 0.6 is 0 Å². The highest BCUT2D eigenvalue weighted by molar-refractivity contribution is 5.92. The van der Waals surface area contributed by atoms with Crippen LogP contribution in [0.4, 0.5) is 0 Å². The fourth-order valence-corrected chi connectivity index (χ4v) is 2.80. The fourth-order valence-electron chi connectivity index (χ4n) is 2.80. The lowest BCUT2D eigenvalue weighted by Crippen LogP contribution is -2.08. The number of carbonyl (C=O) groups is 1. The van der Waals surface area contributed by atoms with Gasteiger partial charge in [0.15, 0.2) is 17.1 Å². The molecule has 0 atom stereocenters. The Kier molecular flexibility index (Phi) is 4.68. The van der Waals surface area contributed by atoms with E-state index < -0.39 is 5.97 Å². The maximum Gasteiger partial charge on any atom is 0.343 e. The molecule has 4 rings (SSSR count). The third-order valence-corrected chi connectivity index (χ3v) is 4.21. The highest BCUT2D eigenvalue weighted by Gasteiger charge is 2.14. The molecule has 4 aromatic rings. The van der Waals surface area contributed by atoms with E-state index in [0.29, 0.717) is 39.8 Å². The number of aromatic nitrogens is 1. The number of hydrogen-bond acceptors (Lipinski definition) is 6. The van der Waals surface area contributed by atoms with Gasteiger partial charge in [0.05, 0.1) is 19.8 Å². The first kappa shape index (κ1) is 17.6. The third-order valence-electron chi connectivity index (χ3n) is 4.21. The average Bonchev–Trinajstić information content (AvgIpc) is 3.17. The number of methoxy groups -OCH3 is 2. The molecule has 28 heavy (non-hydrogen) atoms. The normalized spacial score (nSPS) is 10.6. The van der Waals surface area contributed by atoms with E-state index in [2.05, 4.69) is 4.98 Å². The van der Waals surface area contributed by atoms with Gasteiger partial charge in [0, 0.05) is 11.6 Å². The Labute approximate surface area is 161 Å². The van der Waals surface area contributed by atoms with Crippen molar-refractivity contribution in [3.63, 3.8) is 0 Å². The fraction of sp³-hybridized carbons (Fsp3) is 0.0909. The summed E-state index contributed by atoms with van der Waals surface area (Å²) in [6.45, 7) is 0. The van der Waals surface area contributed by atoms with Crippen molar-refractivity contribution in [2.24, 2.45) is 0 Å². The van der Waals surface area contributed by atoms with E-state index in [4.69, 9.17) is 18.6 Å². The van der Waals surface area contributed by atoms with Crippen LogP contribution in [0.3, 0.4) is 0 Å². The molecular weight excluding hydrogens is 358 g/mol. The number of rotatable bonds is 5. The van der Waals surface area contributed by atoms with Crippen LogP contribution in [-0.4, -0.2) is 25.2 Å². The van der Waals surface area contributed by atoms with Crippen LogP contribution in [0, 0.1) is 0 Å². The van der Waals surface area contributed by atoms with Crippen LogP contribution in [0.2, 0.25) is 0 Å². The predicted molar refractivity (Wildman–Crippen MR) is 104 cm³/mol. The average molecular weight is 375 g/mol. The molecule has 1 heterocycles. The lowest BCUT2D eigenvalue weighted by molar-refractivity contribution is 0.0734. The molecule has 1 aromatic heterocycles. The Bertz CT molecular complexity index is 1130. The smallest absolute Gasteiger partial charge is 0.343 e. The van der Waals surface area contributed by atoms with E-state index in [1.54, 1.807) is 36.4 Å². The number of ether oxygens (including phenoxy) is 3. The molecular formula is C22H17NO5. The summed E-state index contributed by atoms with van der Waals surface area (Å²) in [5, 5.41) is 0. The van der Waals surface area contributed by atoms with Crippen LogP contribution in [0.1, 0.15) is 10.4 Å². The Morgan fingerprint density at radius 2 is 1.68 bits per heavy atom. The van der Waals surface area contributed by atoms with Crippen molar-refractivity contribution >= 4 is 17.1 Å². The Balaban J connectivity index is 1.58. The van der Waals surface area contributed by atoms with Gasteiger partial charge < -0.3 is 18.6 Å². The van der Waals surface area contributed by atoms with Gasteiger partial charge in [-0.25, -0.2) is 9.78 Å². The SMILES string of the molecule is COc1ccc(C(=O)Oc2ccc3nc(-c4ccccc4)oc3c2)cc1OC. The van der Waals surface area contributed by atoms with E-state index in [9.17, 15) is 4.79 Å². The molecule has 0 N–H and O–H groups in total. The van der Waals surface area contributed by atoms with Crippen LogP contribution in [0.15, 0.2) is 71.1 Å². The molecule has 140 valence electrons. The summed E-state index contributed by atoms with van der Waals surface area (Å²) in [6.07, 6.45) is 0. The standard InChI is InChI=1S/C22H17NO5/c1-25-18-11-8-15(12-20(18)26-2)22(24)27-16-9-10-17-19(13-16)28-21(23-17)14-6-4-3-5-7-14/h3-13H,1-2H3. The third kappa shape index (κ3) is 3.40. The van der Waals surface area contributed by atoms with Gasteiger partial charge in [0.2, 0.25) is 5.89 Å². The van der Waals surface area contributed by atoms with Gasteiger partial charge in [-0.3, -0.25) is 0 Å². The zero-order valence-electron chi connectivity index (χ0n) is 15.3. The molecule has 0 unspecified atom stereocenters. The number of oxazole rings is 1. The number of esters is 1. The molecule has 0 aliphatic carbocycles. The summed E-state index contributed by atoms with van der Waals surface area (Å²) < 4.78 is 21.7. The van der Waals surface area contributed by atoms with Gasteiger partial charge in [0.25, 0.3) is 0 Å². The lowest BCUT2D eigenvalue weighted by Gasteiger charge is -2.09. The molecule has 0 aliphatic heterocycles. The van der Waals surface area contributed by atoms with E-state index in [0.717, 1.165) is 5.56 Å². The van der Waals surface area contributed by atoms with E-state index in [1.165, 1.54) is 14.2 Å². The molecule has 3 aromatic carbocycles. The monoisotopic (exact) mass is 375 g/mol. The summed E-state index contributed by atoms with van der Waals surface area (Å²) in [6, 6.07) is 19.5. The number of nitrogens with zero attached hydrogens (tertiary/aromatic N) is 1. The van der Waals surface area contributed by atoms with Crippen molar-refractivity contribution in [3.05, 3.63) is 72.3 Å². The topological polar surface area (TPSA) is 70.8 Å². The zero-order chi connectivity index (χ0) is 19.5. The summed E-state index contributed by atoms with van der Waals surface area (Å²) in [5.41, 5.74) is 2.45. The number of fused-ring (bicyclic) bond motifs is 1. The largest absolute Gasteiger partial charge is 0.493 e. The van der Waals surface area contributed by atoms with Gasteiger partial charge in [0.1, 0.15) is 11.3 Å². The minimum absolute atomic E-state index is 0.347. The predicted octanol–water partition coefficient (Wildman–Crippen LogP) is 4.73. The molecule has 0 bridgehead atoms. The highest BCUT2D eigenvalue weighted by Crippen LogP contribution is 2.29. The molecule has 6 nitrogen and oxygen atoms in total. The van der Waals surface area contributed by atoms with Gasteiger partial charge in [-0.15, -0.1) is 0 Å². The summed E-state index contributed by atoms with van der Waals surface area (Å²) in [7, 11) is 3.04. The van der Waals surface area contributed by atoms with Crippen LogP contribution < -0.4 is 14.2 Å². The molecule has 0 radical (unpaired) electrons. The maximum atomic E-state index is 12.5. The molecule has 0 aliphatic rings. The number of hydrogen-bond donors (Lipinski definition) is 0. The Morgan fingerprint density at radius 1 is 0.893 bits per heavy atom. The van der Waals surface area contributed by atoms with Crippen LogP contribution in [-0.2, 0) is 0 Å². The van der Waals surface area contributed by atoms with Crippen molar-refractivity contribution in [3.8, 4) is 28.7 Å². The van der Waals surface area contributed by atoms with E-state index >= 15 is 0 Å². The van der Waals surface area contributed by atoms with E-state index in [1.807, 2.05) is 30.3 Å². The second kappa shape index (κ2) is 7.44. The zero-order valence-corrected chi connectivity index (χ0v) is 15.3. The summed E-state index contributed by atoms with van der Waals surface area (Å²) >= 11 is 0.